The Bertz CT molecular complexity index is 755. The lowest BCUT2D eigenvalue weighted by molar-refractivity contribution is -0.118. The van der Waals surface area contributed by atoms with Gasteiger partial charge in [-0.05, 0) is 43.3 Å². The lowest BCUT2D eigenvalue weighted by atomic mass is 10.2. The van der Waals surface area contributed by atoms with Gasteiger partial charge in [0, 0.05) is 17.8 Å². The number of nitrogens with one attached hydrogen (secondary N) is 2. The molecular formula is C19H24ClN3O4. The fourth-order valence-corrected chi connectivity index (χ4v) is 2.24. The minimum absolute atomic E-state index is 0. The van der Waals surface area contributed by atoms with Gasteiger partial charge in [0.25, 0.3) is 5.91 Å². The molecule has 0 saturated heterocycles. The summed E-state index contributed by atoms with van der Waals surface area (Å²) in [6, 6.07) is 14.0. The van der Waals surface area contributed by atoms with Crippen LogP contribution in [0.3, 0.4) is 0 Å². The van der Waals surface area contributed by atoms with E-state index in [4.69, 9.17) is 15.2 Å². The van der Waals surface area contributed by atoms with Crippen molar-refractivity contribution >= 4 is 35.6 Å². The molecule has 2 aromatic rings. The van der Waals surface area contributed by atoms with Gasteiger partial charge >= 0.3 is 0 Å². The molecule has 0 spiro atoms. The first-order valence-corrected chi connectivity index (χ1v) is 8.28. The molecule has 27 heavy (non-hydrogen) atoms. The van der Waals surface area contributed by atoms with E-state index >= 15 is 0 Å². The maximum absolute atomic E-state index is 12.1. The molecular weight excluding hydrogens is 370 g/mol. The summed E-state index contributed by atoms with van der Waals surface area (Å²) in [6.07, 6.45) is 0.988. The molecule has 146 valence electrons. The number of nitrogens with two attached hydrogens (primary N) is 1. The van der Waals surface area contributed by atoms with E-state index in [1.807, 2.05) is 6.07 Å². The molecule has 8 heteroatoms. The Kier molecular flexibility index (Phi) is 9.71. The second-order valence-electron chi connectivity index (χ2n) is 5.51. The predicted octanol–water partition coefficient (Wildman–Crippen LogP) is 2.81. The van der Waals surface area contributed by atoms with Crippen LogP contribution in [0.25, 0.3) is 0 Å². The average molecular weight is 394 g/mol. The third-order valence-corrected chi connectivity index (χ3v) is 3.47. The number of anilines is 2. The minimum Gasteiger partial charge on any atom is -0.493 e. The Morgan fingerprint density at radius 1 is 0.963 bits per heavy atom. The number of rotatable bonds is 9. The van der Waals surface area contributed by atoms with Crippen LogP contribution in [0, 0.1) is 0 Å². The van der Waals surface area contributed by atoms with Crippen molar-refractivity contribution in [3.05, 3.63) is 48.5 Å². The van der Waals surface area contributed by atoms with E-state index in [2.05, 4.69) is 10.6 Å². The fraction of sp³-hybridized carbons (Fsp3) is 0.263. The Balaban J connectivity index is 0.00000364. The summed E-state index contributed by atoms with van der Waals surface area (Å²) >= 11 is 0. The molecule has 2 aromatic carbocycles. The number of methoxy groups -OCH3 is 1. The molecule has 0 heterocycles. The zero-order valence-corrected chi connectivity index (χ0v) is 15.9. The monoisotopic (exact) mass is 393 g/mol. The summed E-state index contributed by atoms with van der Waals surface area (Å²) in [5, 5.41) is 5.50. The van der Waals surface area contributed by atoms with Crippen LogP contribution < -0.4 is 25.8 Å². The average Bonchev–Trinajstić information content (AvgIpc) is 2.65. The van der Waals surface area contributed by atoms with Gasteiger partial charge in [-0.3, -0.25) is 9.59 Å². The molecule has 0 aromatic heterocycles. The van der Waals surface area contributed by atoms with Gasteiger partial charge in [0.05, 0.1) is 7.11 Å². The molecule has 0 radical (unpaired) electrons. The largest absolute Gasteiger partial charge is 0.493 e. The molecule has 2 amide bonds. The normalized spacial score (nSPS) is 9.70. The fourth-order valence-electron chi connectivity index (χ4n) is 2.24. The van der Waals surface area contributed by atoms with Crippen LogP contribution in [-0.2, 0) is 9.59 Å². The molecule has 0 aliphatic carbocycles. The second kappa shape index (κ2) is 11.8. The number of hydrogen-bond donors (Lipinski definition) is 3. The molecule has 2 rings (SSSR count). The second-order valence-corrected chi connectivity index (χ2v) is 5.51. The van der Waals surface area contributed by atoms with Gasteiger partial charge in [-0.25, -0.2) is 0 Å². The summed E-state index contributed by atoms with van der Waals surface area (Å²) in [7, 11) is 1.54. The number of halogens is 1. The topological polar surface area (TPSA) is 103 Å². The third-order valence-electron chi connectivity index (χ3n) is 3.47. The van der Waals surface area contributed by atoms with Crippen LogP contribution >= 0.6 is 12.4 Å². The van der Waals surface area contributed by atoms with E-state index in [9.17, 15) is 9.59 Å². The summed E-state index contributed by atoms with van der Waals surface area (Å²) in [5.74, 6) is 0.620. The summed E-state index contributed by atoms with van der Waals surface area (Å²) in [4.78, 5) is 23.8. The summed E-state index contributed by atoms with van der Waals surface area (Å²) in [6.45, 7) is 0.309. The zero-order valence-electron chi connectivity index (χ0n) is 15.1. The number of amides is 2. The van der Waals surface area contributed by atoms with Crippen molar-refractivity contribution in [2.45, 2.75) is 12.8 Å². The predicted molar refractivity (Wildman–Crippen MR) is 108 cm³/mol. The minimum atomic E-state index is -0.317. The Labute approximate surface area is 164 Å². The number of para-hydroxylation sites is 2. The van der Waals surface area contributed by atoms with Crippen molar-refractivity contribution in [3.8, 4) is 11.5 Å². The van der Waals surface area contributed by atoms with Gasteiger partial charge in [-0.1, -0.05) is 18.2 Å². The molecule has 0 saturated carbocycles. The lowest BCUT2D eigenvalue weighted by Gasteiger charge is -2.11. The van der Waals surface area contributed by atoms with Gasteiger partial charge in [0.15, 0.2) is 18.1 Å². The highest BCUT2D eigenvalue weighted by molar-refractivity contribution is 5.94. The van der Waals surface area contributed by atoms with Crippen LogP contribution in [0.5, 0.6) is 11.5 Å². The summed E-state index contributed by atoms with van der Waals surface area (Å²) in [5.41, 5.74) is 6.56. The zero-order chi connectivity index (χ0) is 18.8. The number of hydrogen-bond acceptors (Lipinski definition) is 5. The van der Waals surface area contributed by atoms with Gasteiger partial charge < -0.3 is 25.8 Å². The van der Waals surface area contributed by atoms with E-state index < -0.39 is 0 Å². The molecule has 4 N–H and O–H groups in total. The van der Waals surface area contributed by atoms with Crippen LogP contribution in [0.2, 0.25) is 0 Å². The maximum atomic E-state index is 12.1. The number of carbonyl (C=O) groups is 2. The summed E-state index contributed by atoms with van der Waals surface area (Å²) < 4.78 is 10.7. The Hall–Kier alpha value is -2.77. The Morgan fingerprint density at radius 2 is 1.59 bits per heavy atom. The smallest absolute Gasteiger partial charge is 0.262 e. The third kappa shape index (κ3) is 7.55. The van der Waals surface area contributed by atoms with E-state index in [1.54, 1.807) is 42.5 Å². The highest BCUT2D eigenvalue weighted by Crippen LogP contribution is 2.25. The van der Waals surface area contributed by atoms with E-state index in [1.165, 1.54) is 7.11 Å². The highest BCUT2D eigenvalue weighted by Gasteiger charge is 2.08. The molecule has 0 aliphatic heterocycles. The van der Waals surface area contributed by atoms with Gasteiger partial charge in [-0.2, -0.15) is 0 Å². The van der Waals surface area contributed by atoms with Crippen molar-refractivity contribution in [2.75, 3.05) is 30.9 Å². The molecule has 0 fully saturated rings. The standard InChI is InChI=1S/C19H23N3O4.ClH/c1-25-16-8-2-3-9-17(16)26-13-19(24)22-15-7-4-6-14(12-15)21-18(23)10-5-11-20;/h2-4,6-9,12H,5,10-11,13,20H2,1H3,(H,21,23)(H,22,24);1H. The molecule has 7 nitrogen and oxygen atoms in total. The highest BCUT2D eigenvalue weighted by atomic mass is 35.5. The quantitative estimate of drug-likeness (QED) is 0.607. The van der Waals surface area contributed by atoms with Crippen molar-refractivity contribution < 1.29 is 19.1 Å². The van der Waals surface area contributed by atoms with E-state index in [0.29, 0.717) is 42.3 Å². The van der Waals surface area contributed by atoms with Crippen molar-refractivity contribution in [1.82, 2.24) is 0 Å². The van der Waals surface area contributed by atoms with Gasteiger partial charge in [-0.15, -0.1) is 12.4 Å². The van der Waals surface area contributed by atoms with Crippen LogP contribution in [-0.4, -0.2) is 32.1 Å². The first-order valence-electron chi connectivity index (χ1n) is 8.28. The SMILES string of the molecule is COc1ccccc1OCC(=O)Nc1cccc(NC(=O)CCCN)c1.Cl. The maximum Gasteiger partial charge on any atom is 0.262 e. The van der Waals surface area contributed by atoms with Crippen LogP contribution in [0.1, 0.15) is 12.8 Å². The Morgan fingerprint density at radius 3 is 2.22 bits per heavy atom. The van der Waals surface area contributed by atoms with Crippen molar-refractivity contribution in [1.29, 1.82) is 0 Å². The number of carbonyl (C=O) groups excluding carboxylic acids is 2. The molecule has 0 aliphatic rings. The van der Waals surface area contributed by atoms with Crippen molar-refractivity contribution in [2.24, 2.45) is 5.73 Å². The van der Waals surface area contributed by atoms with E-state index in [0.717, 1.165) is 0 Å². The van der Waals surface area contributed by atoms with Crippen LogP contribution in [0.4, 0.5) is 11.4 Å². The first kappa shape index (κ1) is 22.3. The number of ether oxygens (including phenoxy) is 2. The lowest BCUT2D eigenvalue weighted by Crippen LogP contribution is -2.20. The molecule has 0 bridgehead atoms. The molecule has 0 unspecified atom stereocenters. The van der Waals surface area contributed by atoms with Gasteiger partial charge in [0.2, 0.25) is 5.91 Å². The molecule has 0 atom stereocenters. The van der Waals surface area contributed by atoms with Crippen LogP contribution in [0.15, 0.2) is 48.5 Å². The number of benzene rings is 2. The van der Waals surface area contributed by atoms with E-state index in [-0.39, 0.29) is 30.8 Å². The van der Waals surface area contributed by atoms with Gasteiger partial charge in [0.1, 0.15) is 0 Å². The first-order chi connectivity index (χ1) is 12.6. The van der Waals surface area contributed by atoms with Crippen molar-refractivity contribution in [3.63, 3.8) is 0 Å².